The Morgan fingerprint density at radius 1 is 1.48 bits per heavy atom. The number of piperidine rings is 1. The highest BCUT2D eigenvalue weighted by Gasteiger charge is 2.26. The number of nitrogens with zero attached hydrogens (tertiary/aromatic N) is 2. The lowest BCUT2D eigenvalue weighted by Crippen LogP contribution is -2.40. The summed E-state index contributed by atoms with van der Waals surface area (Å²) in [4.78, 5) is 14.6. The van der Waals surface area contributed by atoms with Crippen molar-refractivity contribution in [2.75, 3.05) is 20.2 Å². The number of hydrogen-bond donors (Lipinski definition) is 1. The summed E-state index contributed by atoms with van der Waals surface area (Å²) < 4.78 is 5.23. The van der Waals surface area contributed by atoms with E-state index in [1.807, 2.05) is 35.4 Å². The second-order valence-corrected chi connectivity index (χ2v) is 6.17. The molecule has 0 unspecified atom stereocenters. The van der Waals surface area contributed by atoms with Crippen molar-refractivity contribution in [3.63, 3.8) is 0 Å². The molecule has 1 fully saturated rings. The summed E-state index contributed by atoms with van der Waals surface area (Å²) in [7, 11) is 1.64. The fourth-order valence-electron chi connectivity index (χ4n) is 3.28. The molecule has 1 aliphatic rings. The van der Waals surface area contributed by atoms with E-state index >= 15 is 0 Å². The Bertz CT molecular complexity index is 680. The first-order valence-electron chi connectivity index (χ1n) is 8.08. The summed E-state index contributed by atoms with van der Waals surface area (Å²) >= 11 is 0. The van der Waals surface area contributed by atoms with Crippen molar-refractivity contribution in [2.24, 2.45) is 0 Å². The molecule has 5 heteroatoms. The highest BCUT2D eigenvalue weighted by Crippen LogP contribution is 2.27. The van der Waals surface area contributed by atoms with Gasteiger partial charge < -0.3 is 9.64 Å². The first kappa shape index (κ1) is 15.6. The lowest BCUT2D eigenvalue weighted by molar-refractivity contribution is -0.131. The van der Waals surface area contributed by atoms with Crippen LogP contribution in [0.2, 0.25) is 0 Å². The van der Waals surface area contributed by atoms with E-state index in [1.54, 1.807) is 7.11 Å². The van der Waals surface area contributed by atoms with E-state index in [9.17, 15) is 4.79 Å². The molecule has 1 N–H and O–H groups in total. The summed E-state index contributed by atoms with van der Waals surface area (Å²) in [6.07, 6.45) is 4.41. The van der Waals surface area contributed by atoms with E-state index in [0.29, 0.717) is 12.3 Å². The minimum Gasteiger partial charge on any atom is -0.497 e. The third-order valence-electron chi connectivity index (χ3n) is 4.54. The quantitative estimate of drug-likeness (QED) is 0.944. The summed E-state index contributed by atoms with van der Waals surface area (Å²) in [6.45, 7) is 3.67. The summed E-state index contributed by atoms with van der Waals surface area (Å²) in [5.74, 6) is 1.33. The van der Waals surface area contributed by atoms with E-state index in [-0.39, 0.29) is 5.91 Å². The fourth-order valence-corrected chi connectivity index (χ4v) is 3.28. The van der Waals surface area contributed by atoms with Gasteiger partial charge in [-0.1, -0.05) is 12.1 Å². The average molecular weight is 313 g/mol. The van der Waals surface area contributed by atoms with Gasteiger partial charge in [0.15, 0.2) is 0 Å². The molecule has 2 aromatic rings. The predicted octanol–water partition coefficient (Wildman–Crippen LogP) is 2.68. The first-order valence-corrected chi connectivity index (χ1v) is 8.08. The number of likely N-dealkylation sites (tertiary alicyclic amines) is 1. The molecule has 1 aliphatic heterocycles. The summed E-state index contributed by atoms with van der Waals surface area (Å²) in [5, 5.41) is 7.21. The average Bonchev–Trinajstić information content (AvgIpc) is 3.01. The normalized spacial score (nSPS) is 18.0. The Morgan fingerprint density at radius 2 is 2.35 bits per heavy atom. The van der Waals surface area contributed by atoms with Crippen LogP contribution >= 0.6 is 0 Å². The molecule has 0 saturated carbocycles. The summed E-state index contributed by atoms with van der Waals surface area (Å²) in [5.41, 5.74) is 3.34. The molecule has 1 atom stereocenters. The van der Waals surface area contributed by atoms with Gasteiger partial charge in [0, 0.05) is 24.7 Å². The topological polar surface area (TPSA) is 58.2 Å². The van der Waals surface area contributed by atoms with Crippen LogP contribution in [0.25, 0.3) is 0 Å². The number of methoxy groups -OCH3 is 1. The number of aromatic amines is 1. The Labute approximate surface area is 136 Å². The number of ether oxygens (including phenoxy) is 1. The molecular formula is C18H23N3O2. The second kappa shape index (κ2) is 6.86. The van der Waals surface area contributed by atoms with E-state index < -0.39 is 0 Å². The van der Waals surface area contributed by atoms with Gasteiger partial charge in [-0.15, -0.1) is 0 Å². The Hall–Kier alpha value is -2.30. The van der Waals surface area contributed by atoms with Crippen LogP contribution in [0.4, 0.5) is 0 Å². The zero-order valence-electron chi connectivity index (χ0n) is 13.7. The van der Waals surface area contributed by atoms with Gasteiger partial charge in [-0.2, -0.15) is 5.10 Å². The van der Waals surface area contributed by atoms with Crippen LogP contribution in [-0.4, -0.2) is 41.2 Å². The highest BCUT2D eigenvalue weighted by molar-refractivity contribution is 5.79. The van der Waals surface area contributed by atoms with Gasteiger partial charge >= 0.3 is 0 Å². The standard InChI is InChI=1S/C18H23N3O2/c1-13-11-19-20-18(13)15-6-4-8-21(12-15)17(22)10-14-5-3-7-16(9-14)23-2/h3,5,7,9,11,15H,4,6,8,10,12H2,1-2H3,(H,19,20)/t15-/m1/s1. The molecule has 0 bridgehead atoms. The second-order valence-electron chi connectivity index (χ2n) is 6.17. The molecule has 5 nitrogen and oxygen atoms in total. The Morgan fingerprint density at radius 3 is 3.09 bits per heavy atom. The molecule has 0 radical (unpaired) electrons. The number of carbonyl (C=O) groups is 1. The van der Waals surface area contributed by atoms with Crippen LogP contribution < -0.4 is 4.74 Å². The van der Waals surface area contributed by atoms with Gasteiger partial charge in [0.05, 0.1) is 19.7 Å². The van der Waals surface area contributed by atoms with Crippen molar-refractivity contribution < 1.29 is 9.53 Å². The SMILES string of the molecule is COc1cccc(CC(=O)N2CCC[C@@H](c3[nH]ncc3C)C2)c1. The highest BCUT2D eigenvalue weighted by atomic mass is 16.5. The van der Waals surface area contributed by atoms with Crippen LogP contribution in [0.15, 0.2) is 30.5 Å². The van der Waals surface area contributed by atoms with E-state index in [1.165, 1.54) is 11.3 Å². The summed E-state index contributed by atoms with van der Waals surface area (Å²) in [6, 6.07) is 7.72. The number of carbonyl (C=O) groups excluding carboxylic acids is 1. The minimum absolute atomic E-state index is 0.181. The molecule has 1 amide bonds. The van der Waals surface area contributed by atoms with Crippen molar-refractivity contribution in [3.05, 3.63) is 47.3 Å². The number of aryl methyl sites for hydroxylation is 1. The maximum absolute atomic E-state index is 12.6. The number of hydrogen-bond acceptors (Lipinski definition) is 3. The Balaban J connectivity index is 1.66. The Kier molecular flexibility index (Phi) is 4.65. The maximum atomic E-state index is 12.6. The van der Waals surface area contributed by atoms with E-state index in [2.05, 4.69) is 17.1 Å². The third kappa shape index (κ3) is 3.55. The maximum Gasteiger partial charge on any atom is 0.227 e. The molecule has 1 aromatic heterocycles. The largest absolute Gasteiger partial charge is 0.497 e. The van der Waals surface area contributed by atoms with E-state index in [4.69, 9.17) is 4.74 Å². The zero-order chi connectivity index (χ0) is 16.2. The lowest BCUT2D eigenvalue weighted by atomic mass is 9.92. The predicted molar refractivity (Wildman–Crippen MR) is 88.6 cm³/mol. The molecule has 2 heterocycles. The van der Waals surface area contributed by atoms with Crippen LogP contribution in [-0.2, 0) is 11.2 Å². The lowest BCUT2D eigenvalue weighted by Gasteiger charge is -2.32. The van der Waals surface area contributed by atoms with Crippen LogP contribution in [0, 0.1) is 6.92 Å². The molecule has 1 aromatic carbocycles. The van der Waals surface area contributed by atoms with Gasteiger partial charge in [0.1, 0.15) is 5.75 Å². The fraction of sp³-hybridized carbons (Fsp3) is 0.444. The molecule has 1 saturated heterocycles. The number of H-pyrrole nitrogens is 1. The molecule has 0 aliphatic carbocycles. The molecule has 3 rings (SSSR count). The number of rotatable bonds is 4. The van der Waals surface area contributed by atoms with Crippen LogP contribution in [0.1, 0.15) is 35.6 Å². The molecule has 122 valence electrons. The molecule has 23 heavy (non-hydrogen) atoms. The molecular weight excluding hydrogens is 290 g/mol. The van der Waals surface area contributed by atoms with Crippen molar-refractivity contribution in [2.45, 2.75) is 32.1 Å². The van der Waals surface area contributed by atoms with Crippen molar-refractivity contribution in [3.8, 4) is 5.75 Å². The number of benzene rings is 1. The number of nitrogens with one attached hydrogen (secondary N) is 1. The van der Waals surface area contributed by atoms with Crippen molar-refractivity contribution in [1.29, 1.82) is 0 Å². The van der Waals surface area contributed by atoms with Crippen LogP contribution in [0.3, 0.4) is 0 Å². The monoisotopic (exact) mass is 313 g/mol. The van der Waals surface area contributed by atoms with Gasteiger partial charge in [-0.05, 0) is 43.0 Å². The number of amides is 1. The first-order chi connectivity index (χ1) is 11.2. The van der Waals surface area contributed by atoms with Gasteiger partial charge in [-0.3, -0.25) is 9.89 Å². The van der Waals surface area contributed by atoms with Crippen molar-refractivity contribution >= 4 is 5.91 Å². The minimum atomic E-state index is 0.181. The van der Waals surface area contributed by atoms with E-state index in [0.717, 1.165) is 37.2 Å². The van der Waals surface area contributed by atoms with Crippen molar-refractivity contribution in [1.82, 2.24) is 15.1 Å². The van der Waals surface area contributed by atoms with Gasteiger partial charge in [0.25, 0.3) is 0 Å². The zero-order valence-corrected chi connectivity index (χ0v) is 13.7. The number of aromatic nitrogens is 2. The van der Waals surface area contributed by atoms with Gasteiger partial charge in [0.2, 0.25) is 5.91 Å². The third-order valence-corrected chi connectivity index (χ3v) is 4.54. The smallest absolute Gasteiger partial charge is 0.227 e. The van der Waals surface area contributed by atoms with Crippen LogP contribution in [0.5, 0.6) is 5.75 Å². The molecule has 0 spiro atoms. The van der Waals surface area contributed by atoms with Gasteiger partial charge in [-0.25, -0.2) is 0 Å².